The Bertz CT molecular complexity index is 344. The minimum atomic E-state index is -0.726. The van der Waals surface area contributed by atoms with E-state index in [4.69, 9.17) is 0 Å². The molecule has 1 saturated heterocycles. The Morgan fingerprint density at radius 3 is 2.87 bits per heavy atom. The van der Waals surface area contributed by atoms with Crippen LogP contribution in [0.25, 0.3) is 0 Å². The average molecular weight is 274 g/mol. The summed E-state index contributed by atoms with van der Waals surface area (Å²) in [6, 6.07) is 0. The first kappa shape index (κ1) is 11.1. The molecule has 1 aliphatic rings. The highest BCUT2D eigenvalue weighted by molar-refractivity contribution is 9.10. The van der Waals surface area contributed by atoms with E-state index in [1.165, 1.54) is 0 Å². The van der Waals surface area contributed by atoms with Crippen LogP contribution in [0.15, 0.2) is 10.7 Å². The largest absolute Gasteiger partial charge is 0.383 e. The molecule has 0 aliphatic carbocycles. The predicted molar refractivity (Wildman–Crippen MR) is 61.6 cm³/mol. The Labute approximate surface area is 97.8 Å². The maximum Gasteiger partial charge on any atom is 0.110 e. The van der Waals surface area contributed by atoms with Crippen molar-refractivity contribution in [2.75, 3.05) is 13.1 Å². The van der Waals surface area contributed by atoms with Crippen molar-refractivity contribution < 1.29 is 5.11 Å². The molecule has 0 amide bonds. The summed E-state index contributed by atoms with van der Waals surface area (Å²) in [5.74, 6) is 0. The minimum Gasteiger partial charge on any atom is -0.383 e. The Morgan fingerprint density at radius 1 is 1.60 bits per heavy atom. The second-order valence-electron chi connectivity index (χ2n) is 3.94. The highest BCUT2D eigenvalue weighted by Crippen LogP contribution is 2.35. The van der Waals surface area contributed by atoms with Crippen LogP contribution in [0.2, 0.25) is 0 Å². The van der Waals surface area contributed by atoms with Gasteiger partial charge in [0.15, 0.2) is 0 Å². The first-order valence-corrected chi connectivity index (χ1v) is 6.11. The number of hydrogen-bond donors (Lipinski definition) is 2. The first-order valence-electron chi connectivity index (χ1n) is 5.32. The van der Waals surface area contributed by atoms with Crippen LogP contribution in [0.5, 0.6) is 0 Å². The van der Waals surface area contributed by atoms with Gasteiger partial charge in [-0.2, -0.15) is 5.10 Å². The lowest BCUT2D eigenvalue weighted by atomic mass is 9.89. The van der Waals surface area contributed by atoms with Crippen molar-refractivity contribution in [3.8, 4) is 0 Å². The second-order valence-corrected chi connectivity index (χ2v) is 4.79. The Balaban J connectivity index is 2.37. The average Bonchev–Trinajstić information content (AvgIpc) is 2.61. The zero-order valence-electron chi connectivity index (χ0n) is 8.83. The van der Waals surface area contributed by atoms with E-state index in [1.54, 1.807) is 6.20 Å². The summed E-state index contributed by atoms with van der Waals surface area (Å²) >= 11 is 3.46. The number of nitrogens with one attached hydrogen (secondary N) is 1. The van der Waals surface area contributed by atoms with Crippen LogP contribution in [0, 0.1) is 0 Å². The van der Waals surface area contributed by atoms with Gasteiger partial charge in [0.05, 0.1) is 16.4 Å². The Hall–Kier alpha value is -0.390. The van der Waals surface area contributed by atoms with Gasteiger partial charge < -0.3 is 10.4 Å². The number of halogens is 1. The third-order valence-corrected chi connectivity index (χ3v) is 3.55. The molecule has 0 radical (unpaired) electrons. The number of aromatic nitrogens is 2. The fourth-order valence-corrected chi connectivity index (χ4v) is 2.81. The topological polar surface area (TPSA) is 50.1 Å². The number of piperidine rings is 1. The number of aryl methyl sites for hydroxylation is 1. The van der Waals surface area contributed by atoms with Crippen molar-refractivity contribution in [1.82, 2.24) is 15.1 Å². The number of aliphatic hydroxyl groups is 1. The van der Waals surface area contributed by atoms with Crippen molar-refractivity contribution in [3.05, 3.63) is 16.4 Å². The second kappa shape index (κ2) is 4.23. The predicted octanol–water partition coefficient (Wildman–Crippen LogP) is 1.24. The van der Waals surface area contributed by atoms with Gasteiger partial charge in [-0.05, 0) is 48.8 Å². The highest BCUT2D eigenvalue weighted by Gasteiger charge is 2.35. The smallest absolute Gasteiger partial charge is 0.110 e. The maximum absolute atomic E-state index is 10.6. The molecular weight excluding hydrogens is 258 g/mol. The summed E-state index contributed by atoms with van der Waals surface area (Å²) in [6.07, 6.45) is 3.26. The summed E-state index contributed by atoms with van der Waals surface area (Å²) in [6.45, 7) is 4.54. The molecule has 15 heavy (non-hydrogen) atoms. The van der Waals surface area contributed by atoms with E-state index >= 15 is 0 Å². The van der Waals surface area contributed by atoms with Crippen LogP contribution in [0.3, 0.4) is 0 Å². The fraction of sp³-hybridized carbons (Fsp3) is 0.700. The monoisotopic (exact) mass is 273 g/mol. The molecule has 1 aromatic heterocycles. The van der Waals surface area contributed by atoms with Gasteiger partial charge in [-0.3, -0.25) is 4.68 Å². The van der Waals surface area contributed by atoms with Crippen LogP contribution in [0.4, 0.5) is 0 Å². The van der Waals surface area contributed by atoms with Gasteiger partial charge in [0.1, 0.15) is 5.60 Å². The standard InChI is InChI=1S/C10H16BrN3O/c1-2-14-9(8(11)7-13-14)10(15)3-5-12-6-4-10/h7,12,15H,2-6H2,1H3. The lowest BCUT2D eigenvalue weighted by molar-refractivity contribution is -0.00291. The van der Waals surface area contributed by atoms with Gasteiger partial charge in [0, 0.05) is 6.54 Å². The van der Waals surface area contributed by atoms with E-state index in [0.29, 0.717) is 0 Å². The summed E-state index contributed by atoms with van der Waals surface area (Å²) < 4.78 is 2.78. The van der Waals surface area contributed by atoms with Crippen LogP contribution in [0.1, 0.15) is 25.5 Å². The molecule has 84 valence electrons. The molecule has 2 N–H and O–H groups in total. The maximum atomic E-state index is 10.6. The molecule has 0 saturated carbocycles. The molecule has 1 fully saturated rings. The van der Waals surface area contributed by atoms with E-state index in [2.05, 4.69) is 26.3 Å². The van der Waals surface area contributed by atoms with Gasteiger partial charge in [-0.1, -0.05) is 0 Å². The molecule has 1 aliphatic heterocycles. The Morgan fingerprint density at radius 2 is 2.27 bits per heavy atom. The number of rotatable bonds is 2. The zero-order chi connectivity index (χ0) is 10.9. The van der Waals surface area contributed by atoms with Gasteiger partial charge in [0.25, 0.3) is 0 Å². The number of hydrogen-bond acceptors (Lipinski definition) is 3. The first-order chi connectivity index (χ1) is 7.17. The summed E-state index contributed by atoms with van der Waals surface area (Å²) in [4.78, 5) is 0. The molecule has 2 heterocycles. The van der Waals surface area contributed by atoms with Crippen molar-refractivity contribution in [2.24, 2.45) is 0 Å². The molecule has 2 rings (SSSR count). The molecule has 1 aromatic rings. The highest BCUT2D eigenvalue weighted by atomic mass is 79.9. The van der Waals surface area contributed by atoms with Gasteiger partial charge in [0.2, 0.25) is 0 Å². The van der Waals surface area contributed by atoms with Crippen LogP contribution in [-0.4, -0.2) is 28.0 Å². The van der Waals surface area contributed by atoms with Crippen molar-refractivity contribution >= 4 is 15.9 Å². The molecule has 0 spiro atoms. The molecule has 0 atom stereocenters. The quantitative estimate of drug-likeness (QED) is 0.853. The molecular formula is C10H16BrN3O. The van der Waals surface area contributed by atoms with Gasteiger partial charge in [-0.25, -0.2) is 0 Å². The zero-order valence-corrected chi connectivity index (χ0v) is 10.4. The fourth-order valence-electron chi connectivity index (χ4n) is 2.14. The van der Waals surface area contributed by atoms with Crippen LogP contribution in [-0.2, 0) is 12.1 Å². The van der Waals surface area contributed by atoms with Crippen molar-refractivity contribution in [2.45, 2.75) is 31.9 Å². The van der Waals surface area contributed by atoms with E-state index in [9.17, 15) is 5.11 Å². The lowest BCUT2D eigenvalue weighted by Crippen LogP contribution is -2.41. The van der Waals surface area contributed by atoms with Crippen LogP contribution < -0.4 is 5.32 Å². The lowest BCUT2D eigenvalue weighted by Gasteiger charge is -2.33. The van der Waals surface area contributed by atoms with Crippen LogP contribution >= 0.6 is 15.9 Å². The summed E-state index contributed by atoms with van der Waals surface area (Å²) in [5, 5.41) is 18.1. The third-order valence-electron chi connectivity index (χ3n) is 2.97. The van der Waals surface area contributed by atoms with Crippen molar-refractivity contribution in [1.29, 1.82) is 0 Å². The van der Waals surface area contributed by atoms with E-state index in [0.717, 1.165) is 42.6 Å². The Kier molecular flexibility index (Phi) is 3.13. The van der Waals surface area contributed by atoms with E-state index in [-0.39, 0.29) is 0 Å². The minimum absolute atomic E-state index is 0.726. The molecule has 4 nitrogen and oxygen atoms in total. The van der Waals surface area contributed by atoms with Gasteiger partial charge in [-0.15, -0.1) is 0 Å². The van der Waals surface area contributed by atoms with E-state index < -0.39 is 5.60 Å². The van der Waals surface area contributed by atoms with Gasteiger partial charge >= 0.3 is 0 Å². The molecule has 0 bridgehead atoms. The summed E-state index contributed by atoms with van der Waals surface area (Å²) in [5.41, 5.74) is 0.197. The normalized spacial score (nSPS) is 20.5. The van der Waals surface area contributed by atoms with Crippen molar-refractivity contribution in [3.63, 3.8) is 0 Å². The SMILES string of the molecule is CCn1ncc(Br)c1C1(O)CCNCC1. The molecule has 0 unspecified atom stereocenters. The third kappa shape index (κ3) is 1.96. The summed E-state index contributed by atoms with van der Waals surface area (Å²) in [7, 11) is 0. The molecule has 5 heteroatoms. The molecule has 0 aromatic carbocycles. The van der Waals surface area contributed by atoms with E-state index in [1.807, 2.05) is 11.6 Å². The number of nitrogens with zero attached hydrogens (tertiary/aromatic N) is 2.